The molecule has 0 aliphatic carbocycles. The fourth-order valence-corrected chi connectivity index (χ4v) is 1.88. The topological polar surface area (TPSA) is 75.6 Å². The van der Waals surface area contributed by atoms with Gasteiger partial charge in [0.2, 0.25) is 5.91 Å². The van der Waals surface area contributed by atoms with E-state index in [9.17, 15) is 14.7 Å². The van der Waals surface area contributed by atoms with Gasteiger partial charge in [0.1, 0.15) is 11.8 Å². The van der Waals surface area contributed by atoms with Crippen LogP contribution in [0, 0.1) is 5.41 Å². The van der Waals surface area contributed by atoms with Crippen LogP contribution >= 0.6 is 0 Å². The van der Waals surface area contributed by atoms with Crippen molar-refractivity contribution in [3.63, 3.8) is 0 Å². The van der Waals surface area contributed by atoms with Gasteiger partial charge in [0, 0.05) is 5.56 Å². The Balaban J connectivity index is 2.79. The Morgan fingerprint density at radius 3 is 2.40 bits per heavy atom. The first-order valence-electron chi connectivity index (χ1n) is 6.39. The monoisotopic (exact) mass is 279 g/mol. The average Bonchev–Trinajstić information content (AvgIpc) is 2.35. The van der Waals surface area contributed by atoms with Gasteiger partial charge in [-0.3, -0.25) is 4.79 Å². The molecule has 0 saturated heterocycles. The number of carbonyl (C=O) groups is 2. The number of carbonyl (C=O) groups excluding carboxylic acids is 1. The smallest absolute Gasteiger partial charge is 0.326 e. The first kappa shape index (κ1) is 16.0. The Morgan fingerprint density at radius 1 is 1.30 bits per heavy atom. The Bertz CT molecular complexity index is 491. The molecule has 1 aromatic rings. The highest BCUT2D eigenvalue weighted by molar-refractivity contribution is 5.85. The first-order valence-corrected chi connectivity index (χ1v) is 6.39. The zero-order chi connectivity index (χ0) is 15.3. The van der Waals surface area contributed by atoms with Crippen LogP contribution in [0.4, 0.5) is 0 Å². The molecule has 0 saturated carbocycles. The molecule has 0 radical (unpaired) electrons. The minimum absolute atomic E-state index is 0.0872. The molecule has 1 aromatic carbocycles. The second-order valence-corrected chi connectivity index (χ2v) is 5.69. The second-order valence-electron chi connectivity index (χ2n) is 5.69. The number of hydrogen-bond donors (Lipinski definition) is 2. The van der Waals surface area contributed by atoms with E-state index in [2.05, 4.69) is 5.32 Å². The van der Waals surface area contributed by atoms with E-state index in [0.29, 0.717) is 5.75 Å². The van der Waals surface area contributed by atoms with Gasteiger partial charge in [-0.25, -0.2) is 4.79 Å². The Hall–Kier alpha value is -2.04. The minimum atomic E-state index is -1.04. The SMILES string of the molecule is COc1ccccc1CC(=O)N[C@@H](C(=O)O)C(C)(C)C. The molecule has 0 aliphatic rings. The summed E-state index contributed by atoms with van der Waals surface area (Å²) in [5.41, 5.74) is 0.174. The number of ether oxygens (including phenoxy) is 1. The van der Waals surface area contributed by atoms with Crippen molar-refractivity contribution in [1.82, 2.24) is 5.32 Å². The van der Waals surface area contributed by atoms with E-state index >= 15 is 0 Å². The van der Waals surface area contributed by atoms with Crippen LogP contribution in [0.25, 0.3) is 0 Å². The molecule has 1 rings (SSSR count). The number of amides is 1. The molecule has 0 unspecified atom stereocenters. The quantitative estimate of drug-likeness (QED) is 0.862. The summed E-state index contributed by atoms with van der Waals surface area (Å²) in [6, 6.07) is 6.25. The van der Waals surface area contributed by atoms with Crippen LogP contribution in [0.2, 0.25) is 0 Å². The lowest BCUT2D eigenvalue weighted by molar-refractivity contribution is -0.144. The van der Waals surface area contributed by atoms with Gasteiger partial charge in [-0.2, -0.15) is 0 Å². The van der Waals surface area contributed by atoms with Crippen molar-refractivity contribution in [2.75, 3.05) is 7.11 Å². The van der Waals surface area contributed by atoms with Crippen LogP contribution < -0.4 is 10.1 Å². The first-order chi connectivity index (χ1) is 9.25. The van der Waals surface area contributed by atoms with Crippen LogP contribution in [-0.2, 0) is 16.0 Å². The van der Waals surface area contributed by atoms with Gasteiger partial charge in [-0.1, -0.05) is 39.0 Å². The summed E-state index contributed by atoms with van der Waals surface area (Å²) < 4.78 is 5.17. The zero-order valence-electron chi connectivity index (χ0n) is 12.3. The maximum atomic E-state index is 12.0. The predicted octanol–water partition coefficient (Wildman–Crippen LogP) is 1.85. The molecular formula is C15H21NO4. The molecule has 1 atom stereocenters. The highest BCUT2D eigenvalue weighted by atomic mass is 16.5. The van der Waals surface area contributed by atoms with Crippen LogP contribution in [0.3, 0.4) is 0 Å². The van der Waals surface area contributed by atoms with E-state index in [4.69, 9.17) is 4.74 Å². The summed E-state index contributed by atoms with van der Waals surface area (Å²) in [5.74, 6) is -0.756. The molecule has 0 bridgehead atoms. The van der Waals surface area contributed by atoms with Crippen molar-refractivity contribution >= 4 is 11.9 Å². The maximum absolute atomic E-state index is 12.0. The average molecular weight is 279 g/mol. The molecule has 0 aliphatic heterocycles. The van der Waals surface area contributed by atoms with Gasteiger partial charge in [0.25, 0.3) is 0 Å². The lowest BCUT2D eigenvalue weighted by Crippen LogP contribution is -2.49. The third kappa shape index (κ3) is 4.26. The lowest BCUT2D eigenvalue weighted by atomic mass is 9.86. The van der Waals surface area contributed by atoms with Crippen LogP contribution in [-0.4, -0.2) is 30.1 Å². The van der Waals surface area contributed by atoms with Gasteiger partial charge in [0.05, 0.1) is 13.5 Å². The molecule has 110 valence electrons. The van der Waals surface area contributed by atoms with E-state index in [0.717, 1.165) is 5.56 Å². The number of methoxy groups -OCH3 is 1. The molecule has 2 N–H and O–H groups in total. The Labute approximate surface area is 118 Å². The lowest BCUT2D eigenvalue weighted by Gasteiger charge is -2.27. The zero-order valence-corrected chi connectivity index (χ0v) is 12.3. The maximum Gasteiger partial charge on any atom is 0.326 e. The van der Waals surface area contributed by atoms with Gasteiger partial charge in [0.15, 0.2) is 0 Å². The van der Waals surface area contributed by atoms with Crippen molar-refractivity contribution < 1.29 is 19.4 Å². The summed E-state index contributed by atoms with van der Waals surface area (Å²) in [6.45, 7) is 5.32. The van der Waals surface area contributed by atoms with Gasteiger partial charge in [-0.05, 0) is 11.5 Å². The molecule has 0 fully saturated rings. The summed E-state index contributed by atoms with van der Waals surface area (Å²) in [6.07, 6.45) is 0.0872. The molecule has 5 heteroatoms. The number of carboxylic acid groups (broad SMARTS) is 1. The summed E-state index contributed by atoms with van der Waals surface area (Å²) in [4.78, 5) is 23.2. The fraction of sp³-hybridized carbons (Fsp3) is 0.467. The third-order valence-electron chi connectivity index (χ3n) is 2.96. The minimum Gasteiger partial charge on any atom is -0.496 e. The van der Waals surface area contributed by atoms with E-state index in [1.165, 1.54) is 7.11 Å². The van der Waals surface area contributed by atoms with Crippen molar-refractivity contribution in [1.29, 1.82) is 0 Å². The summed E-state index contributed by atoms with van der Waals surface area (Å²) in [7, 11) is 1.53. The Kier molecular flexibility index (Phi) is 5.13. The standard InChI is InChI=1S/C15H21NO4/c1-15(2,3)13(14(18)19)16-12(17)9-10-7-5-6-8-11(10)20-4/h5-8,13H,9H2,1-4H3,(H,16,17)(H,18,19)/t13-/m0/s1. The van der Waals surface area contributed by atoms with Gasteiger partial charge < -0.3 is 15.2 Å². The fourth-order valence-electron chi connectivity index (χ4n) is 1.88. The van der Waals surface area contributed by atoms with Crippen LogP contribution in [0.1, 0.15) is 26.3 Å². The highest BCUT2D eigenvalue weighted by Crippen LogP contribution is 2.21. The number of nitrogens with one attached hydrogen (secondary N) is 1. The molecule has 5 nitrogen and oxygen atoms in total. The molecule has 0 spiro atoms. The van der Waals surface area contributed by atoms with Crippen molar-refractivity contribution in [3.05, 3.63) is 29.8 Å². The third-order valence-corrected chi connectivity index (χ3v) is 2.96. The van der Waals surface area contributed by atoms with E-state index in [1.54, 1.807) is 32.9 Å². The number of benzene rings is 1. The largest absolute Gasteiger partial charge is 0.496 e. The second kappa shape index (κ2) is 6.41. The van der Waals surface area contributed by atoms with E-state index < -0.39 is 17.4 Å². The number of carboxylic acids is 1. The van der Waals surface area contributed by atoms with Crippen molar-refractivity contribution in [3.8, 4) is 5.75 Å². The predicted molar refractivity (Wildman–Crippen MR) is 75.7 cm³/mol. The van der Waals surface area contributed by atoms with Crippen molar-refractivity contribution in [2.45, 2.75) is 33.2 Å². The van der Waals surface area contributed by atoms with Crippen LogP contribution in [0.15, 0.2) is 24.3 Å². The molecule has 0 aromatic heterocycles. The summed E-state index contributed by atoms with van der Waals surface area (Å²) in [5, 5.41) is 11.7. The molecular weight excluding hydrogens is 258 g/mol. The van der Waals surface area contributed by atoms with Crippen LogP contribution in [0.5, 0.6) is 5.75 Å². The highest BCUT2D eigenvalue weighted by Gasteiger charge is 2.32. The molecule has 1 amide bonds. The number of rotatable bonds is 5. The van der Waals surface area contributed by atoms with Gasteiger partial charge in [-0.15, -0.1) is 0 Å². The molecule has 0 heterocycles. The van der Waals surface area contributed by atoms with E-state index in [1.807, 2.05) is 12.1 Å². The Morgan fingerprint density at radius 2 is 1.90 bits per heavy atom. The van der Waals surface area contributed by atoms with Gasteiger partial charge >= 0.3 is 5.97 Å². The normalized spacial score (nSPS) is 12.6. The van der Waals surface area contributed by atoms with E-state index in [-0.39, 0.29) is 12.3 Å². The van der Waals surface area contributed by atoms with Crippen molar-refractivity contribution in [2.24, 2.45) is 5.41 Å². The number of para-hydroxylation sites is 1. The number of aliphatic carboxylic acids is 1. The summed E-state index contributed by atoms with van der Waals surface area (Å²) >= 11 is 0. The number of hydrogen-bond acceptors (Lipinski definition) is 3. The molecule has 20 heavy (non-hydrogen) atoms.